The highest BCUT2D eigenvalue weighted by Crippen LogP contribution is 2.20. The molecule has 0 aromatic carbocycles. The lowest BCUT2D eigenvalue weighted by Gasteiger charge is -2.04. The van der Waals surface area contributed by atoms with E-state index in [0.717, 1.165) is 48.7 Å². The van der Waals surface area contributed by atoms with Crippen LogP contribution in [0.1, 0.15) is 29.9 Å². The monoisotopic (exact) mass is 272 g/mol. The van der Waals surface area contributed by atoms with Crippen molar-refractivity contribution in [2.24, 2.45) is 5.92 Å². The second kappa shape index (κ2) is 5.71. The van der Waals surface area contributed by atoms with Gasteiger partial charge in [-0.05, 0) is 56.8 Å². The van der Waals surface area contributed by atoms with Crippen molar-refractivity contribution < 1.29 is 4.52 Å². The summed E-state index contributed by atoms with van der Waals surface area (Å²) in [6, 6.07) is 2.09. The van der Waals surface area contributed by atoms with Gasteiger partial charge in [0, 0.05) is 12.6 Å². The molecule has 1 aliphatic rings. The summed E-state index contributed by atoms with van der Waals surface area (Å²) in [5.74, 6) is 2.06. The quantitative estimate of drug-likeness (QED) is 0.925. The van der Waals surface area contributed by atoms with Crippen LogP contribution in [-0.2, 0) is 6.42 Å². The van der Waals surface area contributed by atoms with Crippen molar-refractivity contribution in [3.8, 4) is 11.5 Å². The van der Waals surface area contributed by atoms with Crippen LogP contribution in [0.2, 0.25) is 0 Å². The van der Waals surface area contributed by atoms with Crippen molar-refractivity contribution >= 4 is 0 Å². The van der Waals surface area contributed by atoms with Crippen LogP contribution in [0.25, 0.3) is 11.5 Å². The van der Waals surface area contributed by atoms with E-state index >= 15 is 0 Å². The molecule has 0 aliphatic carbocycles. The number of nitrogens with one attached hydrogen (secondary N) is 1. The van der Waals surface area contributed by atoms with E-state index in [9.17, 15) is 0 Å². The fourth-order valence-electron chi connectivity index (χ4n) is 2.69. The summed E-state index contributed by atoms with van der Waals surface area (Å²) in [4.78, 5) is 8.88. The number of pyridine rings is 1. The van der Waals surface area contributed by atoms with Gasteiger partial charge in [0.1, 0.15) is 5.69 Å². The first kappa shape index (κ1) is 13.2. The Labute approximate surface area is 118 Å². The Balaban J connectivity index is 1.69. The molecule has 0 amide bonds. The maximum absolute atomic E-state index is 5.34. The smallest absolute Gasteiger partial charge is 0.227 e. The normalized spacial score (nSPS) is 18.6. The number of rotatable bonds is 4. The summed E-state index contributed by atoms with van der Waals surface area (Å²) >= 11 is 0. The highest BCUT2D eigenvalue weighted by atomic mass is 16.5. The zero-order chi connectivity index (χ0) is 13.9. The molecule has 0 bridgehead atoms. The standard InChI is InChI=1S/C15H20N4O/c1-10-7-11(2)14(17-8-10)15-18-13(20-19-15)4-3-12-5-6-16-9-12/h7-8,12,16H,3-6,9H2,1-2H3. The maximum Gasteiger partial charge on any atom is 0.227 e. The average Bonchev–Trinajstić information content (AvgIpc) is 3.07. The Morgan fingerprint density at radius 2 is 2.30 bits per heavy atom. The number of hydrogen-bond acceptors (Lipinski definition) is 5. The molecule has 106 valence electrons. The summed E-state index contributed by atoms with van der Waals surface area (Å²) in [7, 11) is 0. The largest absolute Gasteiger partial charge is 0.339 e. The number of nitrogens with zero attached hydrogens (tertiary/aromatic N) is 3. The summed E-state index contributed by atoms with van der Waals surface area (Å²) in [5.41, 5.74) is 3.04. The van der Waals surface area contributed by atoms with Gasteiger partial charge in [-0.1, -0.05) is 11.2 Å². The van der Waals surface area contributed by atoms with Crippen molar-refractivity contribution in [3.05, 3.63) is 29.3 Å². The summed E-state index contributed by atoms with van der Waals surface area (Å²) in [6.07, 6.45) is 5.04. The lowest BCUT2D eigenvalue weighted by atomic mass is 10.0. The van der Waals surface area contributed by atoms with Gasteiger partial charge < -0.3 is 9.84 Å². The fraction of sp³-hybridized carbons (Fsp3) is 0.533. The number of aryl methyl sites for hydroxylation is 3. The predicted molar refractivity (Wildman–Crippen MR) is 76.3 cm³/mol. The molecule has 1 atom stereocenters. The highest BCUT2D eigenvalue weighted by Gasteiger charge is 2.17. The van der Waals surface area contributed by atoms with E-state index < -0.39 is 0 Å². The molecule has 5 nitrogen and oxygen atoms in total. The molecule has 0 spiro atoms. The minimum atomic E-state index is 0.599. The van der Waals surface area contributed by atoms with E-state index in [0.29, 0.717) is 11.7 Å². The van der Waals surface area contributed by atoms with Crippen LogP contribution in [0, 0.1) is 19.8 Å². The first-order chi connectivity index (χ1) is 9.72. The van der Waals surface area contributed by atoms with Gasteiger partial charge in [0.25, 0.3) is 0 Å². The molecular formula is C15H20N4O. The molecule has 1 N–H and O–H groups in total. The molecule has 1 unspecified atom stereocenters. The van der Waals surface area contributed by atoms with Gasteiger partial charge in [-0.25, -0.2) is 0 Å². The molecule has 5 heteroatoms. The maximum atomic E-state index is 5.34. The minimum absolute atomic E-state index is 0.599. The fourth-order valence-corrected chi connectivity index (χ4v) is 2.69. The van der Waals surface area contributed by atoms with Gasteiger partial charge in [0.2, 0.25) is 11.7 Å². The number of hydrogen-bond donors (Lipinski definition) is 1. The Kier molecular flexibility index (Phi) is 3.78. The second-order valence-electron chi connectivity index (χ2n) is 5.59. The van der Waals surface area contributed by atoms with Crippen LogP contribution >= 0.6 is 0 Å². The molecule has 1 aliphatic heterocycles. The first-order valence-corrected chi connectivity index (χ1v) is 7.19. The van der Waals surface area contributed by atoms with E-state index in [-0.39, 0.29) is 0 Å². The van der Waals surface area contributed by atoms with Gasteiger partial charge in [-0.15, -0.1) is 0 Å². The van der Waals surface area contributed by atoms with E-state index in [1.165, 1.54) is 6.42 Å². The van der Waals surface area contributed by atoms with Gasteiger partial charge >= 0.3 is 0 Å². The molecule has 2 aromatic rings. The van der Waals surface area contributed by atoms with Gasteiger partial charge in [-0.3, -0.25) is 4.98 Å². The van der Waals surface area contributed by atoms with E-state index in [1.807, 2.05) is 20.0 Å². The summed E-state index contributed by atoms with van der Waals surface area (Å²) < 4.78 is 5.34. The van der Waals surface area contributed by atoms with Crippen LogP contribution < -0.4 is 5.32 Å². The predicted octanol–water partition coefficient (Wildman–Crippen LogP) is 2.29. The van der Waals surface area contributed by atoms with Gasteiger partial charge in [0.05, 0.1) is 0 Å². The second-order valence-corrected chi connectivity index (χ2v) is 5.59. The Morgan fingerprint density at radius 3 is 3.05 bits per heavy atom. The molecule has 20 heavy (non-hydrogen) atoms. The molecule has 2 aromatic heterocycles. The van der Waals surface area contributed by atoms with Crippen LogP contribution in [0.4, 0.5) is 0 Å². The Bertz CT molecular complexity index is 587. The molecular weight excluding hydrogens is 252 g/mol. The lowest BCUT2D eigenvalue weighted by Crippen LogP contribution is -2.09. The third-order valence-corrected chi connectivity index (χ3v) is 3.82. The van der Waals surface area contributed by atoms with E-state index in [1.54, 1.807) is 0 Å². The van der Waals surface area contributed by atoms with Crippen molar-refractivity contribution in [1.29, 1.82) is 0 Å². The molecule has 3 heterocycles. The zero-order valence-corrected chi connectivity index (χ0v) is 12.0. The highest BCUT2D eigenvalue weighted by molar-refractivity contribution is 5.53. The third kappa shape index (κ3) is 2.88. The SMILES string of the molecule is Cc1cnc(-c2noc(CCC3CCNC3)n2)c(C)c1. The lowest BCUT2D eigenvalue weighted by molar-refractivity contribution is 0.365. The Morgan fingerprint density at radius 1 is 1.40 bits per heavy atom. The van der Waals surface area contributed by atoms with E-state index in [2.05, 4.69) is 26.5 Å². The average molecular weight is 272 g/mol. The molecule has 1 saturated heterocycles. The van der Waals surface area contributed by atoms with Crippen LogP contribution in [0.3, 0.4) is 0 Å². The minimum Gasteiger partial charge on any atom is -0.339 e. The topological polar surface area (TPSA) is 63.8 Å². The van der Waals surface area contributed by atoms with Crippen molar-refractivity contribution in [1.82, 2.24) is 20.4 Å². The molecule has 1 fully saturated rings. The van der Waals surface area contributed by atoms with Crippen LogP contribution in [0.15, 0.2) is 16.8 Å². The van der Waals surface area contributed by atoms with Gasteiger partial charge in [-0.2, -0.15) is 4.98 Å². The summed E-state index contributed by atoms with van der Waals surface area (Å²) in [6.45, 7) is 6.29. The molecule has 0 saturated carbocycles. The van der Waals surface area contributed by atoms with Crippen molar-refractivity contribution in [2.75, 3.05) is 13.1 Å². The zero-order valence-electron chi connectivity index (χ0n) is 12.0. The Hall–Kier alpha value is -1.75. The molecule has 3 rings (SSSR count). The number of aromatic nitrogens is 3. The third-order valence-electron chi connectivity index (χ3n) is 3.82. The molecule has 0 radical (unpaired) electrons. The van der Waals surface area contributed by atoms with E-state index in [4.69, 9.17) is 4.52 Å². The first-order valence-electron chi connectivity index (χ1n) is 7.19. The van der Waals surface area contributed by atoms with Crippen LogP contribution in [0.5, 0.6) is 0 Å². The van der Waals surface area contributed by atoms with Crippen LogP contribution in [-0.4, -0.2) is 28.2 Å². The van der Waals surface area contributed by atoms with Crippen molar-refractivity contribution in [3.63, 3.8) is 0 Å². The summed E-state index contributed by atoms with van der Waals surface area (Å²) in [5, 5.41) is 7.43. The van der Waals surface area contributed by atoms with Gasteiger partial charge in [0.15, 0.2) is 0 Å². The van der Waals surface area contributed by atoms with Crippen molar-refractivity contribution in [2.45, 2.75) is 33.1 Å².